The highest BCUT2D eigenvalue weighted by Gasteiger charge is 2.85. The van der Waals surface area contributed by atoms with Crippen molar-refractivity contribution in [2.45, 2.75) is 189 Å². The lowest BCUT2D eigenvalue weighted by atomic mass is 9.63. The van der Waals surface area contributed by atoms with Crippen LogP contribution >= 0.6 is 0 Å². The quantitative estimate of drug-likeness (QED) is 0.142. The van der Waals surface area contributed by atoms with E-state index in [1.807, 2.05) is 4.90 Å². The topological polar surface area (TPSA) is 162 Å². The Morgan fingerprint density at radius 3 is 2.03 bits per heavy atom. The molecule has 0 bridgehead atoms. The standard InChI is InChI=1S/C50H81N5O8S/c1-10-35-30-48(35,44(60)52-64(61,62)53(11-2)12-3)32-40(57)38-31-50(45(6,7)49(50)22-18-23-49)33-55(38)43(59)36(46(8)20-15-13-16-21-46)29-39(56)41(47(9)24-27-63-28-25-47)51-42(58)37-19-14-17-26-54(37)34(4)5/h10,34-38,41H,1,11-33H2,2-9H3,(H,51,58)(H,52,60)/t35-,36-,37+,38+,41-,48-,50-/m1/s1. The van der Waals surface area contributed by atoms with Gasteiger partial charge in [0.05, 0.1) is 29.5 Å². The average molecular weight is 912 g/mol. The zero-order valence-corrected chi connectivity index (χ0v) is 41.3. The molecule has 0 radical (unpaired) electrons. The highest BCUT2D eigenvalue weighted by molar-refractivity contribution is 7.87. The fourth-order valence-corrected chi connectivity index (χ4v) is 15.5. The number of hydrogen-bond acceptors (Lipinski definition) is 9. The molecule has 7 aliphatic rings. The van der Waals surface area contributed by atoms with Crippen LogP contribution in [-0.4, -0.2) is 115 Å². The van der Waals surface area contributed by atoms with E-state index < -0.39 is 50.4 Å². The van der Waals surface area contributed by atoms with Crippen LogP contribution in [0.15, 0.2) is 12.7 Å². The maximum absolute atomic E-state index is 15.9. The molecule has 3 heterocycles. The molecule has 0 aromatic carbocycles. The van der Waals surface area contributed by atoms with Crippen molar-refractivity contribution in [3.63, 3.8) is 0 Å². The lowest BCUT2D eigenvalue weighted by Gasteiger charge is -2.45. The van der Waals surface area contributed by atoms with Gasteiger partial charge in [0, 0.05) is 57.1 Å². The van der Waals surface area contributed by atoms with Gasteiger partial charge in [-0.15, -0.1) is 6.58 Å². The lowest BCUT2D eigenvalue weighted by Crippen LogP contribution is -2.60. The number of rotatable bonds is 18. The molecule has 14 heteroatoms. The molecule has 0 unspecified atom stereocenters. The van der Waals surface area contributed by atoms with Crippen molar-refractivity contribution in [1.82, 2.24) is 24.1 Å². The van der Waals surface area contributed by atoms with Gasteiger partial charge in [-0.05, 0) is 112 Å². The zero-order chi connectivity index (χ0) is 46.7. The van der Waals surface area contributed by atoms with Crippen LogP contribution in [0.25, 0.3) is 0 Å². The van der Waals surface area contributed by atoms with E-state index in [2.05, 4.69) is 63.1 Å². The van der Waals surface area contributed by atoms with Gasteiger partial charge >= 0.3 is 10.2 Å². The summed E-state index contributed by atoms with van der Waals surface area (Å²) in [5.74, 6) is -2.47. The molecule has 4 saturated carbocycles. The first-order valence-corrected chi connectivity index (χ1v) is 26.5. The smallest absolute Gasteiger partial charge is 0.303 e. The van der Waals surface area contributed by atoms with E-state index in [1.54, 1.807) is 19.9 Å². The first kappa shape index (κ1) is 49.2. The van der Waals surface area contributed by atoms with Crippen molar-refractivity contribution in [1.29, 1.82) is 0 Å². The number of fused-ring (bicyclic) bond motifs is 1. The number of ketones is 2. The van der Waals surface area contributed by atoms with Crippen molar-refractivity contribution < 1.29 is 37.1 Å². The van der Waals surface area contributed by atoms with Gasteiger partial charge in [-0.25, -0.2) is 4.72 Å². The molecule has 64 heavy (non-hydrogen) atoms. The van der Waals surface area contributed by atoms with E-state index in [4.69, 9.17) is 4.74 Å². The number of allylic oxidation sites excluding steroid dienone is 1. The highest BCUT2D eigenvalue weighted by Crippen LogP contribution is 2.88. The van der Waals surface area contributed by atoms with Crippen LogP contribution in [0.4, 0.5) is 0 Å². The van der Waals surface area contributed by atoms with Gasteiger partial charge in [0.2, 0.25) is 17.7 Å². The number of ether oxygens (including phenoxy) is 1. The van der Waals surface area contributed by atoms with Gasteiger partial charge in [-0.3, -0.25) is 28.9 Å². The van der Waals surface area contributed by atoms with Gasteiger partial charge in [-0.2, -0.15) is 12.7 Å². The third-order valence-electron chi connectivity index (χ3n) is 19.1. The Hall–Kier alpha value is -2.68. The number of likely N-dealkylation sites (tertiary alicyclic amines) is 2. The molecule has 3 aliphatic heterocycles. The van der Waals surface area contributed by atoms with Gasteiger partial charge < -0.3 is 15.0 Å². The number of carbonyl (C=O) groups excluding carboxylic acids is 5. The highest BCUT2D eigenvalue weighted by atomic mass is 32.2. The summed E-state index contributed by atoms with van der Waals surface area (Å²) in [5, 5.41) is 3.32. The lowest BCUT2D eigenvalue weighted by molar-refractivity contribution is -0.149. The minimum absolute atomic E-state index is 0.0137. The maximum atomic E-state index is 15.9. The number of hydrogen-bond donors (Lipinski definition) is 2. The molecule has 7 atom stereocenters. The summed E-state index contributed by atoms with van der Waals surface area (Å²) in [7, 11) is -4.14. The zero-order valence-electron chi connectivity index (χ0n) is 40.5. The fraction of sp³-hybridized carbons (Fsp3) is 0.860. The molecule has 2 N–H and O–H groups in total. The largest absolute Gasteiger partial charge is 0.381 e. The molecule has 7 rings (SSSR count). The van der Waals surface area contributed by atoms with Crippen molar-refractivity contribution in [3.05, 3.63) is 12.7 Å². The fourth-order valence-electron chi connectivity index (χ4n) is 14.3. The summed E-state index contributed by atoms with van der Waals surface area (Å²) in [6.45, 7) is 23.0. The molecular formula is C50H81N5O8S. The first-order chi connectivity index (χ1) is 30.1. The predicted molar refractivity (Wildman–Crippen MR) is 247 cm³/mol. The SMILES string of the molecule is C=C[C@@H]1C[C@]1(CC(=O)[C@@H]1C[C@@]2(CN1C(=O)[C@@H](CC(=O)[C@@H](NC(=O)[C@@H]1CCCCN1C(C)C)C1(C)CCOCC1)C1(C)CCCCC1)C(C)(C)C21CCC1)C(=O)NS(=O)(=O)N(CC)CC. The van der Waals surface area contributed by atoms with E-state index in [0.717, 1.165) is 77.2 Å². The normalized spacial score (nSPS) is 32.4. The van der Waals surface area contributed by atoms with Gasteiger partial charge in [-0.1, -0.05) is 79.7 Å². The maximum Gasteiger partial charge on any atom is 0.303 e. The Balaban J connectivity index is 1.22. The number of piperidine rings is 1. The van der Waals surface area contributed by atoms with E-state index in [-0.39, 0.29) is 83.6 Å². The monoisotopic (exact) mass is 912 g/mol. The van der Waals surface area contributed by atoms with Gasteiger partial charge in [0.25, 0.3) is 0 Å². The second kappa shape index (κ2) is 18.1. The molecule has 3 saturated heterocycles. The molecule has 7 fully saturated rings. The molecule has 4 aliphatic carbocycles. The number of carbonyl (C=O) groups is 5. The second-order valence-corrected chi connectivity index (χ2v) is 24.4. The number of nitrogens with zero attached hydrogens (tertiary/aromatic N) is 3. The number of nitrogens with one attached hydrogen (secondary N) is 2. The minimum atomic E-state index is -4.14. The first-order valence-electron chi connectivity index (χ1n) is 25.1. The summed E-state index contributed by atoms with van der Waals surface area (Å²) in [4.78, 5) is 78.9. The van der Waals surface area contributed by atoms with Gasteiger partial charge in [0.15, 0.2) is 11.6 Å². The van der Waals surface area contributed by atoms with Crippen LogP contribution in [0.2, 0.25) is 0 Å². The van der Waals surface area contributed by atoms with Gasteiger partial charge in [0.1, 0.15) is 0 Å². The Bertz CT molecular complexity index is 1930. The van der Waals surface area contributed by atoms with E-state index in [1.165, 1.54) is 4.31 Å². The van der Waals surface area contributed by atoms with Crippen LogP contribution < -0.4 is 10.0 Å². The summed E-state index contributed by atoms with van der Waals surface area (Å²) in [5.41, 5.74) is -2.73. The molecule has 0 aromatic heterocycles. The third kappa shape index (κ3) is 8.26. The van der Waals surface area contributed by atoms with Crippen LogP contribution in [0.3, 0.4) is 0 Å². The van der Waals surface area contributed by atoms with E-state index in [0.29, 0.717) is 45.4 Å². The number of Topliss-reactive ketones (excluding diaryl/α,β-unsaturated/α-hetero) is 2. The molecule has 2 spiro atoms. The predicted octanol–water partition coefficient (Wildman–Crippen LogP) is 6.75. The number of amides is 3. The van der Waals surface area contributed by atoms with Crippen molar-refractivity contribution in [2.24, 2.45) is 44.3 Å². The van der Waals surface area contributed by atoms with E-state index >= 15 is 14.4 Å². The van der Waals surface area contributed by atoms with Crippen LogP contribution in [-0.2, 0) is 38.9 Å². The molecule has 0 aromatic rings. The summed E-state index contributed by atoms with van der Waals surface area (Å²) in [6.07, 6.45) is 13.8. The summed E-state index contributed by atoms with van der Waals surface area (Å²) in [6, 6.07) is -1.77. The van der Waals surface area contributed by atoms with Crippen LogP contribution in [0.5, 0.6) is 0 Å². The van der Waals surface area contributed by atoms with E-state index in [9.17, 15) is 18.0 Å². The molecule has 13 nitrogen and oxygen atoms in total. The Morgan fingerprint density at radius 2 is 1.48 bits per heavy atom. The van der Waals surface area contributed by atoms with Crippen molar-refractivity contribution >= 4 is 39.5 Å². The summed E-state index contributed by atoms with van der Waals surface area (Å²) < 4.78 is 35.9. The van der Waals surface area contributed by atoms with Crippen LogP contribution in [0, 0.1) is 44.3 Å². The minimum Gasteiger partial charge on any atom is -0.381 e. The molecule has 3 amide bonds. The molecule has 360 valence electrons. The van der Waals surface area contributed by atoms with Crippen molar-refractivity contribution in [3.8, 4) is 0 Å². The Kier molecular flexibility index (Phi) is 13.9. The van der Waals surface area contributed by atoms with Crippen LogP contribution in [0.1, 0.15) is 165 Å². The Labute approximate surface area is 384 Å². The van der Waals surface area contributed by atoms with Crippen molar-refractivity contribution in [2.75, 3.05) is 39.4 Å². The molecular weight excluding hydrogens is 831 g/mol. The third-order valence-corrected chi connectivity index (χ3v) is 20.7. The Morgan fingerprint density at radius 1 is 0.828 bits per heavy atom. The second-order valence-electron chi connectivity index (χ2n) is 22.7. The average Bonchev–Trinajstić information content (AvgIpc) is 3.97. The summed E-state index contributed by atoms with van der Waals surface area (Å²) >= 11 is 0.